The molecule has 0 aromatic heterocycles. The van der Waals surface area contributed by atoms with Crippen molar-refractivity contribution in [3.63, 3.8) is 0 Å². The highest BCUT2D eigenvalue weighted by molar-refractivity contribution is 5.86. The predicted octanol–water partition coefficient (Wildman–Crippen LogP) is 1.51. The monoisotopic (exact) mass is 260 g/mol. The van der Waals surface area contributed by atoms with Gasteiger partial charge in [-0.1, -0.05) is 27.4 Å². The molecule has 5 heteroatoms. The molecule has 0 aromatic carbocycles. The molecule has 5 nitrogen and oxygen atoms in total. The molecule has 0 aliphatic rings. The van der Waals surface area contributed by atoms with Crippen LogP contribution in [-0.2, 0) is 19.1 Å². The quantitative estimate of drug-likeness (QED) is 0.394. The van der Waals surface area contributed by atoms with Gasteiger partial charge in [-0.05, 0) is 12.8 Å². The summed E-state index contributed by atoms with van der Waals surface area (Å²) in [5.41, 5.74) is 0.371. The van der Waals surface area contributed by atoms with Crippen LogP contribution in [0.2, 0.25) is 0 Å². The summed E-state index contributed by atoms with van der Waals surface area (Å²) >= 11 is 0. The van der Waals surface area contributed by atoms with Crippen molar-refractivity contribution in [2.75, 3.05) is 13.2 Å². The van der Waals surface area contributed by atoms with Crippen molar-refractivity contribution in [3.05, 3.63) is 12.2 Å². The molecule has 0 aromatic rings. The van der Waals surface area contributed by atoms with E-state index >= 15 is 0 Å². The maximum atomic E-state index is 11.4. The van der Waals surface area contributed by atoms with Gasteiger partial charge in [0.25, 0.3) is 0 Å². The van der Waals surface area contributed by atoms with Gasteiger partial charge < -0.3 is 14.9 Å². The molecule has 0 bridgehead atoms. The Morgan fingerprint density at radius 2 is 1.61 bits per heavy atom. The summed E-state index contributed by atoms with van der Waals surface area (Å²) in [5, 5.41) is 0. The largest absolute Gasteiger partial charge is 0.465 e. The lowest BCUT2D eigenvalue weighted by Crippen LogP contribution is -2.20. The van der Waals surface area contributed by atoms with Crippen molar-refractivity contribution in [1.29, 1.82) is 0 Å². The fourth-order valence-electron chi connectivity index (χ4n) is 0.923. The van der Waals surface area contributed by atoms with Crippen molar-refractivity contribution in [1.82, 2.24) is 0 Å². The maximum absolute atomic E-state index is 11.4. The van der Waals surface area contributed by atoms with Crippen LogP contribution in [-0.4, -0.2) is 30.6 Å². The molecule has 0 aliphatic carbocycles. The first kappa shape index (κ1) is 19.0. The summed E-state index contributed by atoms with van der Waals surface area (Å²) in [6.07, 6.45) is 0.509. The minimum absolute atomic E-state index is 0. The second-order valence-electron chi connectivity index (χ2n) is 4.47. The summed E-state index contributed by atoms with van der Waals surface area (Å²) in [6, 6.07) is 0. The zero-order chi connectivity index (χ0) is 13.4. The van der Waals surface area contributed by atoms with E-state index in [-0.39, 0.29) is 36.5 Å². The molecule has 1 atom stereocenters. The lowest BCUT2D eigenvalue weighted by atomic mass is 9.99. The van der Waals surface area contributed by atoms with Crippen LogP contribution in [0.1, 0.15) is 34.1 Å². The molecule has 0 saturated heterocycles. The first-order chi connectivity index (χ1) is 7.86. The van der Waals surface area contributed by atoms with E-state index in [1.54, 1.807) is 6.92 Å². The van der Waals surface area contributed by atoms with Crippen LogP contribution in [0, 0.1) is 11.8 Å². The first-order valence-electron chi connectivity index (χ1n) is 5.85. The molecule has 0 amide bonds. The maximum Gasteiger partial charge on any atom is 0.333 e. The van der Waals surface area contributed by atoms with Gasteiger partial charge in [-0.2, -0.15) is 0 Å². The fraction of sp³-hybridized carbons (Fsp3) is 0.692. The average molecular weight is 260 g/mol. The highest BCUT2D eigenvalue weighted by atomic mass is 16.5. The van der Waals surface area contributed by atoms with Gasteiger partial charge in [0.1, 0.15) is 0 Å². The molecule has 0 rings (SSSR count). The van der Waals surface area contributed by atoms with E-state index in [2.05, 4.69) is 6.58 Å². The van der Waals surface area contributed by atoms with Gasteiger partial charge in [0, 0.05) is 12.0 Å². The molecule has 0 fully saturated rings. The van der Waals surface area contributed by atoms with Gasteiger partial charge in [0.15, 0.2) is 0 Å². The molecule has 106 valence electrons. The van der Waals surface area contributed by atoms with E-state index in [9.17, 15) is 9.59 Å². The van der Waals surface area contributed by atoms with Crippen molar-refractivity contribution >= 4 is 11.9 Å². The molecule has 0 aliphatic heterocycles. The zero-order valence-electron chi connectivity index (χ0n) is 11.6. The standard InChI is InChI=1S/C13H22O4.H2O/c1-9(2)11(5)13(15)17-8-6-7-16-12(14)10(3)4;/h9,11H,3,6-8H2,1-2,4-5H3;1H2. The van der Waals surface area contributed by atoms with E-state index in [4.69, 9.17) is 9.47 Å². The molecule has 18 heavy (non-hydrogen) atoms. The van der Waals surface area contributed by atoms with Gasteiger partial charge >= 0.3 is 11.9 Å². The minimum atomic E-state index is -0.410. The van der Waals surface area contributed by atoms with E-state index in [0.717, 1.165) is 0 Å². The highest BCUT2D eigenvalue weighted by Crippen LogP contribution is 2.11. The molecule has 2 N–H and O–H groups in total. The molecule has 0 heterocycles. The van der Waals surface area contributed by atoms with Crippen LogP contribution in [0.5, 0.6) is 0 Å². The summed E-state index contributed by atoms with van der Waals surface area (Å²) < 4.78 is 9.92. The highest BCUT2D eigenvalue weighted by Gasteiger charge is 2.17. The zero-order valence-corrected chi connectivity index (χ0v) is 11.6. The van der Waals surface area contributed by atoms with Crippen LogP contribution in [0.15, 0.2) is 12.2 Å². The van der Waals surface area contributed by atoms with Crippen molar-refractivity contribution in [2.45, 2.75) is 34.1 Å². The average Bonchev–Trinajstić information content (AvgIpc) is 2.26. The van der Waals surface area contributed by atoms with Crippen molar-refractivity contribution in [3.8, 4) is 0 Å². The summed E-state index contributed by atoms with van der Waals surface area (Å²) in [6.45, 7) is 11.4. The normalized spacial score (nSPS) is 11.4. The minimum Gasteiger partial charge on any atom is -0.465 e. The third-order valence-electron chi connectivity index (χ3n) is 2.49. The summed E-state index contributed by atoms with van der Waals surface area (Å²) in [4.78, 5) is 22.5. The number of carbonyl (C=O) groups excluding carboxylic acids is 2. The smallest absolute Gasteiger partial charge is 0.333 e. The molecule has 0 spiro atoms. The number of rotatable bonds is 7. The fourth-order valence-corrected chi connectivity index (χ4v) is 0.923. The second kappa shape index (κ2) is 9.65. The Labute approximate surface area is 108 Å². The number of esters is 2. The van der Waals surface area contributed by atoms with Gasteiger partial charge in [0.05, 0.1) is 19.1 Å². The third kappa shape index (κ3) is 7.84. The third-order valence-corrected chi connectivity index (χ3v) is 2.49. The second-order valence-corrected chi connectivity index (χ2v) is 4.47. The number of ether oxygens (including phenoxy) is 2. The molecule has 0 saturated carbocycles. The Kier molecular flexibility index (Phi) is 10.2. The topological polar surface area (TPSA) is 84.1 Å². The van der Waals surface area contributed by atoms with E-state index in [1.165, 1.54) is 0 Å². The Morgan fingerprint density at radius 1 is 1.11 bits per heavy atom. The van der Waals surface area contributed by atoms with E-state index in [1.807, 2.05) is 20.8 Å². The van der Waals surface area contributed by atoms with Gasteiger partial charge in [-0.3, -0.25) is 4.79 Å². The molecule has 1 unspecified atom stereocenters. The van der Waals surface area contributed by atoms with Crippen molar-refractivity contribution < 1.29 is 24.5 Å². The predicted molar refractivity (Wildman–Crippen MR) is 69.0 cm³/mol. The van der Waals surface area contributed by atoms with Gasteiger partial charge in [0.2, 0.25) is 0 Å². The Bertz CT molecular complexity index is 283. The Morgan fingerprint density at radius 3 is 2.06 bits per heavy atom. The summed E-state index contributed by atoms with van der Waals surface area (Å²) in [5.74, 6) is -0.449. The molecular weight excluding hydrogens is 236 g/mol. The van der Waals surface area contributed by atoms with E-state index < -0.39 is 5.97 Å². The molecule has 0 radical (unpaired) electrons. The Balaban J connectivity index is 0. The van der Waals surface area contributed by atoms with Crippen LogP contribution in [0.25, 0.3) is 0 Å². The van der Waals surface area contributed by atoms with Crippen LogP contribution in [0.4, 0.5) is 0 Å². The van der Waals surface area contributed by atoms with Gasteiger partial charge in [-0.15, -0.1) is 0 Å². The lowest BCUT2D eigenvalue weighted by Gasteiger charge is -2.14. The van der Waals surface area contributed by atoms with Gasteiger partial charge in [-0.25, -0.2) is 4.79 Å². The number of hydrogen-bond acceptors (Lipinski definition) is 4. The Hall–Kier alpha value is -1.36. The SMILES string of the molecule is C=C(C)C(=O)OCCCOC(=O)C(C)C(C)C.O. The number of hydrogen-bond donors (Lipinski definition) is 0. The first-order valence-corrected chi connectivity index (χ1v) is 5.85. The molecular formula is C13H24O5. The number of carbonyl (C=O) groups is 2. The van der Waals surface area contributed by atoms with E-state index in [0.29, 0.717) is 12.0 Å². The summed E-state index contributed by atoms with van der Waals surface area (Å²) in [7, 11) is 0. The van der Waals surface area contributed by atoms with Crippen LogP contribution in [0.3, 0.4) is 0 Å². The van der Waals surface area contributed by atoms with Crippen LogP contribution >= 0.6 is 0 Å². The van der Waals surface area contributed by atoms with Crippen LogP contribution < -0.4 is 0 Å². The lowest BCUT2D eigenvalue weighted by molar-refractivity contribution is -0.150. The van der Waals surface area contributed by atoms with Crippen molar-refractivity contribution in [2.24, 2.45) is 11.8 Å².